The lowest BCUT2D eigenvalue weighted by Crippen LogP contribution is -2.32. The van der Waals surface area contributed by atoms with Gasteiger partial charge in [0.2, 0.25) is 10.0 Å². The molecule has 1 atom stereocenters. The normalized spacial score (nSPS) is 20.3. The van der Waals surface area contributed by atoms with Crippen LogP contribution in [-0.2, 0) is 10.0 Å². The van der Waals surface area contributed by atoms with Crippen LogP contribution in [0.25, 0.3) is 0 Å². The van der Waals surface area contributed by atoms with Crippen molar-refractivity contribution in [1.29, 1.82) is 0 Å². The third-order valence-electron chi connectivity index (χ3n) is 4.64. The summed E-state index contributed by atoms with van der Waals surface area (Å²) >= 11 is 0. The smallest absolute Gasteiger partial charge is 0.249 e. The van der Waals surface area contributed by atoms with Gasteiger partial charge in [0, 0.05) is 6.54 Å². The van der Waals surface area contributed by atoms with Crippen LogP contribution in [0.15, 0.2) is 41.3 Å². The molecule has 0 bridgehead atoms. The Labute approximate surface area is 150 Å². The van der Waals surface area contributed by atoms with Gasteiger partial charge in [-0.25, -0.2) is 17.2 Å². The molecule has 4 rings (SSSR count). The summed E-state index contributed by atoms with van der Waals surface area (Å²) < 4.78 is 66.2. The Morgan fingerprint density at radius 3 is 2.42 bits per heavy atom. The lowest BCUT2D eigenvalue weighted by molar-refractivity contribution is 0.171. The van der Waals surface area contributed by atoms with Gasteiger partial charge >= 0.3 is 0 Å². The van der Waals surface area contributed by atoms with Crippen LogP contribution in [0.2, 0.25) is 0 Å². The summed E-state index contributed by atoms with van der Waals surface area (Å²) in [5, 5.41) is 0. The number of nitrogens with zero attached hydrogens (tertiary/aromatic N) is 1. The minimum atomic E-state index is -4.31. The van der Waals surface area contributed by atoms with E-state index in [-0.39, 0.29) is 6.54 Å². The van der Waals surface area contributed by atoms with Crippen LogP contribution in [0.4, 0.5) is 8.78 Å². The minimum absolute atomic E-state index is 0.204. The van der Waals surface area contributed by atoms with Gasteiger partial charge in [-0.05, 0) is 42.7 Å². The van der Waals surface area contributed by atoms with Crippen molar-refractivity contribution in [2.24, 2.45) is 0 Å². The van der Waals surface area contributed by atoms with Gasteiger partial charge in [0.25, 0.3) is 0 Å². The van der Waals surface area contributed by atoms with E-state index >= 15 is 0 Å². The molecule has 0 aliphatic carbocycles. The van der Waals surface area contributed by atoms with E-state index in [1.807, 2.05) is 0 Å². The van der Waals surface area contributed by atoms with Gasteiger partial charge in [0.15, 0.2) is 16.4 Å². The van der Waals surface area contributed by atoms with Crippen molar-refractivity contribution in [2.45, 2.75) is 23.8 Å². The van der Waals surface area contributed by atoms with E-state index in [0.717, 1.165) is 18.2 Å². The molecule has 1 fully saturated rings. The van der Waals surface area contributed by atoms with Crippen LogP contribution >= 0.6 is 0 Å². The molecule has 138 valence electrons. The second-order valence-corrected chi connectivity index (χ2v) is 8.06. The van der Waals surface area contributed by atoms with Gasteiger partial charge in [0.05, 0.1) is 6.04 Å². The summed E-state index contributed by atoms with van der Waals surface area (Å²) in [5.41, 5.74) is 0.715. The fourth-order valence-corrected chi connectivity index (χ4v) is 5.27. The maximum Gasteiger partial charge on any atom is 0.249 e. The van der Waals surface area contributed by atoms with Crippen LogP contribution in [0.5, 0.6) is 11.5 Å². The molecular formula is C18H17F2NO4S. The fourth-order valence-electron chi connectivity index (χ4n) is 3.47. The predicted octanol–water partition coefficient (Wildman–Crippen LogP) is 3.26. The van der Waals surface area contributed by atoms with E-state index in [4.69, 9.17) is 9.47 Å². The molecule has 2 aromatic carbocycles. The first-order valence-corrected chi connectivity index (χ1v) is 9.78. The highest BCUT2D eigenvalue weighted by Crippen LogP contribution is 2.41. The molecule has 1 saturated heterocycles. The summed E-state index contributed by atoms with van der Waals surface area (Å²) in [6.45, 7) is 1.08. The number of benzene rings is 2. The third-order valence-corrected chi connectivity index (χ3v) is 6.60. The summed E-state index contributed by atoms with van der Waals surface area (Å²) in [6.07, 6.45) is 1.17. The average molecular weight is 381 g/mol. The second kappa shape index (κ2) is 6.51. The number of hydrogen-bond donors (Lipinski definition) is 0. The minimum Gasteiger partial charge on any atom is -0.486 e. The monoisotopic (exact) mass is 381 g/mol. The maximum atomic E-state index is 14.1. The number of hydrogen-bond acceptors (Lipinski definition) is 4. The Bertz CT molecular complexity index is 928. The average Bonchev–Trinajstić information content (AvgIpc) is 3.11. The highest BCUT2D eigenvalue weighted by molar-refractivity contribution is 7.89. The molecule has 2 aliphatic rings. The van der Waals surface area contributed by atoms with E-state index in [9.17, 15) is 17.2 Å². The van der Waals surface area contributed by atoms with Crippen LogP contribution < -0.4 is 9.47 Å². The van der Waals surface area contributed by atoms with Crippen molar-refractivity contribution in [3.8, 4) is 11.5 Å². The zero-order valence-electron chi connectivity index (χ0n) is 13.8. The first-order chi connectivity index (χ1) is 12.5. The summed E-state index contributed by atoms with van der Waals surface area (Å²) in [7, 11) is -4.31. The SMILES string of the molecule is O=S(=O)(c1c(F)cccc1F)N1CCCC1c1ccc2c(c1)OCCO2. The zero-order chi connectivity index (χ0) is 18.3. The Kier molecular flexibility index (Phi) is 4.32. The molecule has 0 amide bonds. The third kappa shape index (κ3) is 2.83. The van der Waals surface area contributed by atoms with Gasteiger partial charge in [0.1, 0.15) is 24.8 Å². The van der Waals surface area contributed by atoms with Crippen molar-refractivity contribution in [1.82, 2.24) is 4.31 Å². The van der Waals surface area contributed by atoms with Crippen LogP contribution in [0.3, 0.4) is 0 Å². The van der Waals surface area contributed by atoms with Crippen molar-refractivity contribution in [2.75, 3.05) is 19.8 Å². The number of ether oxygens (including phenoxy) is 2. The van der Waals surface area contributed by atoms with E-state index < -0.39 is 32.6 Å². The molecular weight excluding hydrogens is 364 g/mol. The lowest BCUT2D eigenvalue weighted by Gasteiger charge is -2.26. The highest BCUT2D eigenvalue weighted by atomic mass is 32.2. The lowest BCUT2D eigenvalue weighted by atomic mass is 10.0. The van der Waals surface area contributed by atoms with Crippen molar-refractivity contribution in [3.05, 3.63) is 53.6 Å². The van der Waals surface area contributed by atoms with Crippen molar-refractivity contribution >= 4 is 10.0 Å². The standard InChI is InChI=1S/C18H17F2NO4S/c19-13-3-1-4-14(20)18(13)26(22,23)21-8-2-5-15(21)12-6-7-16-17(11-12)25-10-9-24-16/h1,3-4,6-7,11,15H,2,5,8-10H2. The maximum absolute atomic E-state index is 14.1. The first-order valence-electron chi connectivity index (χ1n) is 8.34. The van der Waals surface area contributed by atoms with Gasteiger partial charge in [-0.1, -0.05) is 12.1 Å². The van der Waals surface area contributed by atoms with E-state index in [0.29, 0.717) is 43.1 Å². The summed E-state index contributed by atoms with van der Waals surface area (Å²) in [4.78, 5) is -0.899. The van der Waals surface area contributed by atoms with E-state index in [1.54, 1.807) is 18.2 Å². The van der Waals surface area contributed by atoms with Gasteiger partial charge in [-0.2, -0.15) is 4.31 Å². The largest absolute Gasteiger partial charge is 0.486 e. The molecule has 1 unspecified atom stereocenters. The van der Waals surface area contributed by atoms with Gasteiger partial charge in [-0.15, -0.1) is 0 Å². The quantitative estimate of drug-likeness (QED) is 0.819. The van der Waals surface area contributed by atoms with Crippen molar-refractivity contribution < 1.29 is 26.7 Å². The fraction of sp³-hybridized carbons (Fsp3) is 0.333. The molecule has 26 heavy (non-hydrogen) atoms. The Balaban J connectivity index is 1.73. The number of rotatable bonds is 3. The van der Waals surface area contributed by atoms with Gasteiger partial charge < -0.3 is 9.47 Å². The molecule has 0 radical (unpaired) electrons. The molecule has 0 spiro atoms. The number of fused-ring (bicyclic) bond motifs is 1. The van der Waals surface area contributed by atoms with E-state index in [2.05, 4.69) is 0 Å². The molecule has 8 heteroatoms. The van der Waals surface area contributed by atoms with Gasteiger partial charge in [-0.3, -0.25) is 0 Å². The Morgan fingerprint density at radius 1 is 1.00 bits per heavy atom. The van der Waals surface area contributed by atoms with Crippen LogP contribution in [-0.4, -0.2) is 32.5 Å². The molecule has 0 saturated carbocycles. The molecule has 0 aromatic heterocycles. The summed E-state index contributed by atoms with van der Waals surface area (Å²) in [5.74, 6) is -1.02. The molecule has 2 heterocycles. The second-order valence-electron chi connectivity index (χ2n) is 6.23. The number of halogens is 2. The zero-order valence-corrected chi connectivity index (χ0v) is 14.6. The first kappa shape index (κ1) is 17.2. The predicted molar refractivity (Wildman–Crippen MR) is 89.7 cm³/mol. The topological polar surface area (TPSA) is 55.8 Å². The molecule has 0 N–H and O–H groups in total. The molecule has 2 aromatic rings. The summed E-state index contributed by atoms with van der Waals surface area (Å²) in [6, 6.07) is 7.78. The van der Waals surface area contributed by atoms with Crippen LogP contribution in [0, 0.1) is 11.6 Å². The Hall–Kier alpha value is -2.19. The molecule has 5 nitrogen and oxygen atoms in total. The van der Waals surface area contributed by atoms with Crippen molar-refractivity contribution in [3.63, 3.8) is 0 Å². The number of sulfonamides is 1. The van der Waals surface area contributed by atoms with E-state index in [1.165, 1.54) is 4.31 Å². The molecule has 2 aliphatic heterocycles. The Morgan fingerprint density at radius 2 is 1.69 bits per heavy atom. The highest BCUT2D eigenvalue weighted by Gasteiger charge is 2.39. The van der Waals surface area contributed by atoms with Crippen LogP contribution in [0.1, 0.15) is 24.4 Å².